The Balaban J connectivity index is 2.15. The van der Waals surface area contributed by atoms with E-state index in [2.05, 4.69) is 9.97 Å². The fourth-order valence-corrected chi connectivity index (χ4v) is 2.59. The Bertz CT molecular complexity index is 426. The lowest BCUT2D eigenvalue weighted by Crippen LogP contribution is -1.77. The van der Waals surface area contributed by atoms with E-state index >= 15 is 0 Å². The Morgan fingerprint density at radius 2 is 2.14 bits per heavy atom. The van der Waals surface area contributed by atoms with E-state index in [0.29, 0.717) is 10.0 Å². The zero-order valence-electron chi connectivity index (χ0n) is 6.98. The second-order valence-corrected chi connectivity index (χ2v) is 5.21. The van der Waals surface area contributed by atoms with Gasteiger partial charge in [0.2, 0.25) is 0 Å². The summed E-state index contributed by atoms with van der Waals surface area (Å²) in [4.78, 5) is 8.26. The summed E-state index contributed by atoms with van der Waals surface area (Å²) >= 11 is 8.63. The van der Waals surface area contributed by atoms with Gasteiger partial charge in [-0.3, -0.25) is 0 Å². The Kier molecular flexibility index (Phi) is 2.90. The predicted octanol–water partition coefficient (Wildman–Crippen LogP) is 2.92. The van der Waals surface area contributed by atoms with Crippen molar-refractivity contribution in [3.63, 3.8) is 0 Å². The molecule has 0 bridgehead atoms. The smallest absolute Gasteiger partial charge is 0.158 e. The highest BCUT2D eigenvalue weighted by atomic mass is 35.5. The van der Waals surface area contributed by atoms with Crippen LogP contribution in [0.15, 0.2) is 33.9 Å². The molecule has 2 heterocycles. The maximum atomic E-state index is 5.71. The van der Waals surface area contributed by atoms with Gasteiger partial charge in [0.15, 0.2) is 4.34 Å². The average Bonchev–Trinajstić information content (AvgIpc) is 2.56. The predicted molar refractivity (Wildman–Crippen MR) is 59.9 cm³/mol. The normalized spacial score (nSPS) is 10.4. The maximum absolute atomic E-state index is 5.71. The molecule has 0 unspecified atom stereocenters. The van der Waals surface area contributed by atoms with Crippen LogP contribution in [-0.4, -0.2) is 9.97 Å². The minimum absolute atomic E-state index is 0.632. The van der Waals surface area contributed by atoms with Gasteiger partial charge in [-0.25, -0.2) is 9.97 Å². The van der Waals surface area contributed by atoms with E-state index in [0.717, 1.165) is 9.37 Å². The molecule has 6 heteroatoms. The zero-order valence-corrected chi connectivity index (χ0v) is 9.36. The number of nitrogens with zero attached hydrogens (tertiary/aromatic N) is 2. The summed E-state index contributed by atoms with van der Waals surface area (Å²) in [5, 5.41) is 2.21. The third kappa shape index (κ3) is 2.37. The summed E-state index contributed by atoms with van der Waals surface area (Å²) in [5.74, 6) is 0. The number of rotatable bonds is 2. The summed E-state index contributed by atoms with van der Waals surface area (Å²) in [6.45, 7) is 0. The van der Waals surface area contributed by atoms with E-state index < -0.39 is 0 Å². The number of thiazole rings is 1. The summed E-state index contributed by atoms with van der Waals surface area (Å²) in [7, 11) is 0. The van der Waals surface area contributed by atoms with Crippen molar-refractivity contribution in [2.45, 2.75) is 9.37 Å². The van der Waals surface area contributed by atoms with Crippen LogP contribution in [0, 0.1) is 0 Å². The maximum Gasteiger partial charge on any atom is 0.158 e. The quantitative estimate of drug-likeness (QED) is 0.881. The molecule has 2 N–H and O–H groups in total. The molecule has 0 spiro atoms. The molecule has 0 aliphatic rings. The lowest BCUT2D eigenvalue weighted by molar-refractivity contribution is 1.12. The van der Waals surface area contributed by atoms with Crippen LogP contribution in [0.4, 0.5) is 5.00 Å². The third-order valence-corrected chi connectivity index (χ3v) is 3.47. The minimum Gasteiger partial charge on any atom is -0.389 e. The molecule has 0 saturated carbocycles. The number of nitrogen functional groups attached to an aromatic ring is 1. The van der Waals surface area contributed by atoms with E-state index in [-0.39, 0.29) is 0 Å². The summed E-state index contributed by atoms with van der Waals surface area (Å²) in [6.07, 6.45) is 3.25. The van der Waals surface area contributed by atoms with Gasteiger partial charge in [-0.2, -0.15) is 0 Å². The van der Waals surface area contributed by atoms with Crippen molar-refractivity contribution >= 4 is 39.7 Å². The van der Waals surface area contributed by atoms with Crippen LogP contribution in [-0.2, 0) is 0 Å². The highest BCUT2D eigenvalue weighted by Gasteiger charge is 2.02. The van der Waals surface area contributed by atoms with Crippen molar-refractivity contribution in [1.82, 2.24) is 9.97 Å². The Morgan fingerprint density at radius 1 is 1.29 bits per heavy atom. The fourth-order valence-electron chi connectivity index (χ4n) is 0.829. The molecule has 0 aliphatic heterocycles. The molecule has 0 fully saturated rings. The molecule has 2 aromatic heterocycles. The largest absolute Gasteiger partial charge is 0.389 e. The number of aromatic nitrogens is 2. The Hall–Kier alpha value is -0.780. The first kappa shape index (κ1) is 9.76. The molecule has 72 valence electrons. The molecular formula is C8H6ClN3S2. The van der Waals surface area contributed by atoms with Crippen molar-refractivity contribution in [3.8, 4) is 0 Å². The second-order valence-electron chi connectivity index (χ2n) is 2.45. The number of pyridine rings is 1. The standard InChI is InChI=1S/C8H6ClN3S2/c9-5-1-2-7(11-3-5)14-8-12-4-6(10)13-8/h1-4H,10H2. The highest BCUT2D eigenvalue weighted by Crippen LogP contribution is 2.30. The van der Waals surface area contributed by atoms with Gasteiger partial charge in [-0.15, -0.1) is 0 Å². The van der Waals surface area contributed by atoms with Crippen LogP contribution < -0.4 is 5.73 Å². The first-order chi connectivity index (χ1) is 6.74. The average molecular weight is 244 g/mol. The number of nitrogens with two attached hydrogens (primary N) is 1. The minimum atomic E-state index is 0.632. The van der Waals surface area contributed by atoms with Gasteiger partial charge in [0, 0.05) is 6.20 Å². The molecule has 3 nitrogen and oxygen atoms in total. The van der Waals surface area contributed by atoms with Crippen molar-refractivity contribution in [2.24, 2.45) is 0 Å². The first-order valence-corrected chi connectivity index (χ1v) is 5.76. The molecule has 0 saturated heterocycles. The van der Waals surface area contributed by atoms with Gasteiger partial charge < -0.3 is 5.73 Å². The van der Waals surface area contributed by atoms with E-state index in [1.165, 1.54) is 23.1 Å². The fraction of sp³-hybridized carbons (Fsp3) is 0. The van der Waals surface area contributed by atoms with Crippen molar-refractivity contribution in [2.75, 3.05) is 5.73 Å². The molecule has 0 aliphatic carbocycles. The molecule has 2 rings (SSSR count). The van der Waals surface area contributed by atoms with Crippen molar-refractivity contribution < 1.29 is 0 Å². The third-order valence-electron chi connectivity index (χ3n) is 1.39. The van der Waals surface area contributed by atoms with Gasteiger partial charge >= 0.3 is 0 Å². The Labute approximate surface area is 94.3 Å². The number of hydrogen-bond donors (Lipinski definition) is 1. The molecule has 0 radical (unpaired) electrons. The van der Waals surface area contributed by atoms with E-state index in [4.69, 9.17) is 17.3 Å². The molecule has 0 aromatic carbocycles. The van der Waals surface area contributed by atoms with Crippen molar-refractivity contribution in [3.05, 3.63) is 29.5 Å². The molecule has 0 atom stereocenters. The van der Waals surface area contributed by atoms with Crippen LogP contribution in [0.5, 0.6) is 0 Å². The zero-order chi connectivity index (χ0) is 9.97. The van der Waals surface area contributed by atoms with Gasteiger partial charge in [0.25, 0.3) is 0 Å². The SMILES string of the molecule is Nc1cnc(Sc2ccc(Cl)cn2)s1. The molecule has 2 aromatic rings. The lowest BCUT2D eigenvalue weighted by Gasteiger charge is -1.95. The lowest BCUT2D eigenvalue weighted by atomic mass is 10.5. The number of hydrogen-bond acceptors (Lipinski definition) is 5. The second kappa shape index (κ2) is 4.16. The van der Waals surface area contributed by atoms with Crippen molar-refractivity contribution in [1.29, 1.82) is 0 Å². The van der Waals surface area contributed by atoms with Crippen LogP contribution in [0.25, 0.3) is 0 Å². The number of anilines is 1. The van der Waals surface area contributed by atoms with Crippen LogP contribution in [0.2, 0.25) is 5.02 Å². The molecular weight excluding hydrogens is 238 g/mol. The molecule has 14 heavy (non-hydrogen) atoms. The van der Waals surface area contributed by atoms with E-state index in [9.17, 15) is 0 Å². The van der Waals surface area contributed by atoms with Crippen LogP contribution in [0.3, 0.4) is 0 Å². The van der Waals surface area contributed by atoms with E-state index in [1.807, 2.05) is 6.07 Å². The topological polar surface area (TPSA) is 51.8 Å². The van der Waals surface area contributed by atoms with Gasteiger partial charge in [-0.1, -0.05) is 22.9 Å². The summed E-state index contributed by atoms with van der Waals surface area (Å²) in [5.41, 5.74) is 5.56. The van der Waals surface area contributed by atoms with Gasteiger partial charge in [-0.05, 0) is 23.9 Å². The van der Waals surface area contributed by atoms with Crippen LogP contribution >= 0.6 is 34.7 Å². The number of halogens is 1. The van der Waals surface area contributed by atoms with E-state index in [1.54, 1.807) is 18.5 Å². The van der Waals surface area contributed by atoms with Gasteiger partial charge in [0.1, 0.15) is 10.0 Å². The first-order valence-electron chi connectivity index (χ1n) is 3.75. The van der Waals surface area contributed by atoms with Crippen LogP contribution in [0.1, 0.15) is 0 Å². The molecule has 0 amide bonds. The summed E-state index contributed by atoms with van der Waals surface area (Å²) < 4.78 is 0.886. The monoisotopic (exact) mass is 243 g/mol. The highest BCUT2D eigenvalue weighted by molar-refractivity contribution is 8.01. The summed E-state index contributed by atoms with van der Waals surface area (Å²) in [6, 6.07) is 3.65. The Morgan fingerprint density at radius 3 is 2.71 bits per heavy atom. The van der Waals surface area contributed by atoms with Gasteiger partial charge in [0.05, 0.1) is 11.2 Å².